The lowest BCUT2D eigenvalue weighted by Gasteiger charge is -2.17. The molecule has 0 saturated heterocycles. The summed E-state index contributed by atoms with van der Waals surface area (Å²) in [6.45, 7) is 1.03. The maximum Gasteiger partial charge on any atom is 0.303 e. The molecule has 2 rings (SSSR count). The van der Waals surface area contributed by atoms with Crippen molar-refractivity contribution in [1.29, 1.82) is 0 Å². The number of carboxylic acids is 1. The molecule has 0 unspecified atom stereocenters. The van der Waals surface area contributed by atoms with Crippen LogP contribution in [0.3, 0.4) is 0 Å². The molecule has 104 valence electrons. The molecule has 1 aliphatic rings. The van der Waals surface area contributed by atoms with Crippen LogP contribution in [0.15, 0.2) is 12.1 Å². The van der Waals surface area contributed by atoms with E-state index in [-0.39, 0.29) is 0 Å². The Morgan fingerprint density at radius 3 is 2.95 bits per heavy atom. The molecule has 2 heterocycles. The van der Waals surface area contributed by atoms with Crippen LogP contribution in [-0.4, -0.2) is 22.6 Å². The van der Waals surface area contributed by atoms with Crippen molar-refractivity contribution in [3.63, 3.8) is 0 Å². The van der Waals surface area contributed by atoms with Crippen molar-refractivity contribution in [3.8, 4) is 0 Å². The molecule has 1 aromatic heterocycles. The standard InChI is InChI=1S/C15H22N2O2/c18-14(19)8-4-2-1-3-7-13-10-9-12-6-5-11-16-15(12)17-13/h9-10H,1-8,11H2,(H,16,17)(H,18,19). The summed E-state index contributed by atoms with van der Waals surface area (Å²) in [5, 5.41) is 11.9. The van der Waals surface area contributed by atoms with E-state index in [2.05, 4.69) is 22.4 Å². The van der Waals surface area contributed by atoms with Crippen LogP contribution in [0.4, 0.5) is 5.82 Å². The van der Waals surface area contributed by atoms with Gasteiger partial charge < -0.3 is 10.4 Å². The van der Waals surface area contributed by atoms with Crippen LogP contribution < -0.4 is 5.32 Å². The molecule has 0 amide bonds. The molecular weight excluding hydrogens is 240 g/mol. The third-order valence-corrected chi connectivity index (χ3v) is 3.53. The molecule has 0 spiro atoms. The quantitative estimate of drug-likeness (QED) is 0.741. The number of nitrogens with one attached hydrogen (secondary N) is 1. The lowest BCUT2D eigenvalue weighted by Crippen LogP contribution is -2.13. The highest BCUT2D eigenvalue weighted by Gasteiger charge is 2.09. The number of aromatic nitrogens is 1. The molecular formula is C15H22N2O2. The van der Waals surface area contributed by atoms with Gasteiger partial charge in [0.1, 0.15) is 5.82 Å². The van der Waals surface area contributed by atoms with E-state index in [9.17, 15) is 4.79 Å². The van der Waals surface area contributed by atoms with E-state index in [1.54, 1.807) is 0 Å². The van der Waals surface area contributed by atoms with Gasteiger partial charge in [-0.3, -0.25) is 4.79 Å². The van der Waals surface area contributed by atoms with E-state index in [4.69, 9.17) is 5.11 Å². The molecule has 0 bridgehead atoms. The lowest BCUT2D eigenvalue weighted by molar-refractivity contribution is -0.137. The van der Waals surface area contributed by atoms with Crippen LogP contribution in [0, 0.1) is 0 Å². The van der Waals surface area contributed by atoms with E-state index in [0.29, 0.717) is 6.42 Å². The van der Waals surface area contributed by atoms with E-state index >= 15 is 0 Å². The number of hydrogen-bond acceptors (Lipinski definition) is 3. The number of carbonyl (C=O) groups is 1. The average Bonchev–Trinajstić information content (AvgIpc) is 2.42. The van der Waals surface area contributed by atoms with Gasteiger partial charge in [0.2, 0.25) is 0 Å². The van der Waals surface area contributed by atoms with Crippen LogP contribution in [0.2, 0.25) is 0 Å². The summed E-state index contributed by atoms with van der Waals surface area (Å²) in [6.07, 6.45) is 7.56. The number of unbranched alkanes of at least 4 members (excludes halogenated alkanes) is 3. The SMILES string of the molecule is O=C(O)CCCCCCc1ccc2c(n1)NCCC2. The summed E-state index contributed by atoms with van der Waals surface area (Å²) < 4.78 is 0. The Kier molecular flexibility index (Phi) is 5.19. The van der Waals surface area contributed by atoms with Crippen LogP contribution in [0.1, 0.15) is 49.8 Å². The molecule has 19 heavy (non-hydrogen) atoms. The van der Waals surface area contributed by atoms with Crippen molar-refractivity contribution < 1.29 is 9.90 Å². The molecule has 0 aliphatic carbocycles. The highest BCUT2D eigenvalue weighted by atomic mass is 16.4. The van der Waals surface area contributed by atoms with Gasteiger partial charge in [0.15, 0.2) is 0 Å². The maximum absolute atomic E-state index is 10.4. The first-order valence-corrected chi connectivity index (χ1v) is 7.20. The van der Waals surface area contributed by atoms with Gasteiger partial charge in [-0.2, -0.15) is 0 Å². The van der Waals surface area contributed by atoms with E-state index in [1.807, 2.05) is 0 Å². The maximum atomic E-state index is 10.4. The molecule has 1 aromatic rings. The third-order valence-electron chi connectivity index (χ3n) is 3.53. The first-order chi connectivity index (χ1) is 9.25. The number of pyridine rings is 1. The van der Waals surface area contributed by atoms with Crippen molar-refractivity contribution in [2.75, 3.05) is 11.9 Å². The van der Waals surface area contributed by atoms with Crippen molar-refractivity contribution in [3.05, 3.63) is 23.4 Å². The van der Waals surface area contributed by atoms with Crippen LogP contribution in [0.25, 0.3) is 0 Å². The number of carboxylic acid groups (broad SMARTS) is 1. The number of nitrogens with zero attached hydrogens (tertiary/aromatic N) is 1. The van der Waals surface area contributed by atoms with Crippen LogP contribution >= 0.6 is 0 Å². The minimum absolute atomic E-state index is 0.293. The van der Waals surface area contributed by atoms with E-state index < -0.39 is 5.97 Å². The molecule has 0 fully saturated rings. The molecule has 1 aliphatic heterocycles. The van der Waals surface area contributed by atoms with Gasteiger partial charge in [0.05, 0.1) is 0 Å². The van der Waals surface area contributed by atoms with Crippen molar-refractivity contribution in [2.24, 2.45) is 0 Å². The van der Waals surface area contributed by atoms with Gasteiger partial charge in [-0.1, -0.05) is 18.9 Å². The zero-order chi connectivity index (χ0) is 13.5. The third kappa shape index (κ3) is 4.54. The minimum atomic E-state index is -0.692. The summed E-state index contributed by atoms with van der Waals surface area (Å²) in [5.41, 5.74) is 2.47. The lowest BCUT2D eigenvalue weighted by atomic mass is 10.0. The summed E-state index contributed by atoms with van der Waals surface area (Å²) in [5.74, 6) is 0.372. The Balaban J connectivity index is 1.70. The molecule has 0 atom stereocenters. The Morgan fingerprint density at radius 1 is 1.26 bits per heavy atom. The number of aliphatic carboxylic acids is 1. The van der Waals surface area contributed by atoms with Gasteiger partial charge in [0.25, 0.3) is 0 Å². The number of hydrogen-bond donors (Lipinski definition) is 2. The number of rotatable bonds is 7. The molecule has 0 radical (unpaired) electrons. The minimum Gasteiger partial charge on any atom is -0.481 e. The summed E-state index contributed by atoms with van der Waals surface area (Å²) in [4.78, 5) is 15.0. The van der Waals surface area contributed by atoms with Crippen molar-refractivity contribution in [2.45, 2.75) is 51.4 Å². The van der Waals surface area contributed by atoms with E-state index in [0.717, 1.165) is 56.6 Å². The van der Waals surface area contributed by atoms with Gasteiger partial charge in [-0.15, -0.1) is 0 Å². The molecule has 4 heteroatoms. The van der Waals surface area contributed by atoms with Gasteiger partial charge >= 0.3 is 5.97 Å². The summed E-state index contributed by atoms with van der Waals surface area (Å²) in [7, 11) is 0. The molecule has 4 nitrogen and oxygen atoms in total. The normalized spacial score (nSPS) is 13.7. The smallest absolute Gasteiger partial charge is 0.303 e. The number of anilines is 1. The second-order valence-electron chi connectivity index (χ2n) is 5.15. The largest absolute Gasteiger partial charge is 0.481 e. The fraction of sp³-hybridized carbons (Fsp3) is 0.600. The monoisotopic (exact) mass is 262 g/mol. The highest BCUT2D eigenvalue weighted by Crippen LogP contribution is 2.20. The van der Waals surface area contributed by atoms with Crippen LogP contribution in [0.5, 0.6) is 0 Å². The van der Waals surface area contributed by atoms with E-state index in [1.165, 1.54) is 12.0 Å². The topological polar surface area (TPSA) is 62.2 Å². The Morgan fingerprint density at radius 2 is 2.11 bits per heavy atom. The van der Waals surface area contributed by atoms with Crippen LogP contribution in [-0.2, 0) is 17.6 Å². The first-order valence-electron chi connectivity index (χ1n) is 7.20. The van der Waals surface area contributed by atoms with Gasteiger partial charge in [-0.05, 0) is 43.7 Å². The predicted octanol–water partition coefficient (Wildman–Crippen LogP) is 3.02. The van der Waals surface area contributed by atoms with Gasteiger partial charge in [0, 0.05) is 18.7 Å². The predicted molar refractivity (Wildman–Crippen MR) is 75.5 cm³/mol. The second kappa shape index (κ2) is 7.12. The Bertz CT molecular complexity index is 432. The molecule has 2 N–H and O–H groups in total. The number of aryl methyl sites for hydroxylation is 2. The highest BCUT2D eigenvalue weighted by molar-refractivity contribution is 5.66. The average molecular weight is 262 g/mol. The zero-order valence-electron chi connectivity index (χ0n) is 11.3. The molecule has 0 aromatic carbocycles. The second-order valence-corrected chi connectivity index (χ2v) is 5.15. The number of fused-ring (bicyclic) bond motifs is 1. The Labute approximate surface area is 114 Å². The fourth-order valence-electron chi connectivity index (χ4n) is 2.44. The summed E-state index contributed by atoms with van der Waals surface area (Å²) >= 11 is 0. The summed E-state index contributed by atoms with van der Waals surface area (Å²) in [6, 6.07) is 4.32. The van der Waals surface area contributed by atoms with Crippen molar-refractivity contribution >= 4 is 11.8 Å². The van der Waals surface area contributed by atoms with Crippen molar-refractivity contribution in [1.82, 2.24) is 4.98 Å². The zero-order valence-corrected chi connectivity index (χ0v) is 11.3. The molecule has 0 saturated carbocycles. The first kappa shape index (κ1) is 13.8. The van der Waals surface area contributed by atoms with Gasteiger partial charge in [-0.25, -0.2) is 4.98 Å². The Hall–Kier alpha value is -1.58. The fourth-order valence-corrected chi connectivity index (χ4v) is 2.44.